The van der Waals surface area contributed by atoms with Crippen LogP contribution in [0.15, 0.2) is 29.2 Å². The first kappa shape index (κ1) is 18.1. The second-order valence-electron chi connectivity index (χ2n) is 5.78. The second-order valence-corrected chi connectivity index (χ2v) is 5.78. The number of carbonyl (C=O) groups is 1. The van der Waals surface area contributed by atoms with E-state index in [4.69, 9.17) is 4.74 Å². The number of aromatic nitrogens is 2. The summed E-state index contributed by atoms with van der Waals surface area (Å²) in [4.78, 5) is 33.3. The van der Waals surface area contributed by atoms with Gasteiger partial charge in [0.15, 0.2) is 0 Å². The van der Waals surface area contributed by atoms with Crippen LogP contribution in [0.1, 0.15) is 43.1 Å². The maximum atomic E-state index is 12.8. The van der Waals surface area contributed by atoms with Crippen molar-refractivity contribution in [1.82, 2.24) is 14.9 Å². The van der Waals surface area contributed by atoms with Crippen molar-refractivity contribution >= 4 is 16.8 Å². The highest BCUT2D eigenvalue weighted by Gasteiger charge is 2.17. The van der Waals surface area contributed by atoms with Gasteiger partial charge in [-0.1, -0.05) is 19.8 Å². The third-order valence-electron chi connectivity index (χ3n) is 3.94. The van der Waals surface area contributed by atoms with Crippen molar-refractivity contribution in [3.8, 4) is 0 Å². The fraction of sp³-hybridized carbons (Fsp3) is 0.500. The summed E-state index contributed by atoms with van der Waals surface area (Å²) < 4.78 is 5.08. The van der Waals surface area contributed by atoms with Crippen LogP contribution < -0.4 is 5.56 Å². The standard InChI is InChI=1S/C18H25N3O3/c1-3-4-5-11-21(12-6-13-24-2)18(23)16-8-7-14-15(20-16)9-10-19-17(14)22/h7-10H,3-6,11-13H2,1-2H3,(H,19,22). The van der Waals surface area contributed by atoms with Gasteiger partial charge in [0.1, 0.15) is 5.69 Å². The summed E-state index contributed by atoms with van der Waals surface area (Å²) in [6, 6.07) is 5.00. The Labute approximate surface area is 141 Å². The van der Waals surface area contributed by atoms with E-state index < -0.39 is 0 Å². The van der Waals surface area contributed by atoms with Gasteiger partial charge in [0.25, 0.3) is 11.5 Å². The lowest BCUT2D eigenvalue weighted by atomic mass is 10.2. The molecule has 2 aromatic heterocycles. The van der Waals surface area contributed by atoms with Gasteiger partial charge in [-0.2, -0.15) is 0 Å². The van der Waals surface area contributed by atoms with Crippen molar-refractivity contribution < 1.29 is 9.53 Å². The van der Waals surface area contributed by atoms with E-state index in [0.717, 1.165) is 25.7 Å². The van der Waals surface area contributed by atoms with Gasteiger partial charge in [0.05, 0.1) is 10.9 Å². The number of unbranched alkanes of at least 4 members (excludes halogenated alkanes) is 2. The molecule has 2 heterocycles. The summed E-state index contributed by atoms with van der Waals surface area (Å²) in [6.07, 6.45) is 5.51. The summed E-state index contributed by atoms with van der Waals surface area (Å²) >= 11 is 0. The molecule has 0 aliphatic carbocycles. The molecule has 6 heteroatoms. The first-order valence-electron chi connectivity index (χ1n) is 8.44. The van der Waals surface area contributed by atoms with Crippen LogP contribution in [-0.4, -0.2) is 47.6 Å². The van der Waals surface area contributed by atoms with Crippen LogP contribution in [0.2, 0.25) is 0 Å². The van der Waals surface area contributed by atoms with Crippen molar-refractivity contribution in [3.63, 3.8) is 0 Å². The molecule has 0 aromatic carbocycles. The number of ether oxygens (including phenoxy) is 1. The molecule has 6 nitrogen and oxygen atoms in total. The lowest BCUT2D eigenvalue weighted by molar-refractivity contribution is 0.0728. The van der Waals surface area contributed by atoms with Gasteiger partial charge in [-0.25, -0.2) is 4.98 Å². The molecule has 0 saturated heterocycles. The average Bonchev–Trinajstić information content (AvgIpc) is 2.60. The van der Waals surface area contributed by atoms with Crippen LogP contribution in [0.4, 0.5) is 0 Å². The van der Waals surface area contributed by atoms with E-state index >= 15 is 0 Å². The second kappa shape index (κ2) is 9.17. The van der Waals surface area contributed by atoms with Crippen LogP contribution in [0.25, 0.3) is 10.9 Å². The van der Waals surface area contributed by atoms with Gasteiger partial charge in [-0.15, -0.1) is 0 Å². The molecular weight excluding hydrogens is 306 g/mol. The van der Waals surface area contributed by atoms with Gasteiger partial charge in [0.2, 0.25) is 0 Å². The fourth-order valence-corrected chi connectivity index (χ4v) is 2.62. The molecule has 0 spiro atoms. The maximum Gasteiger partial charge on any atom is 0.272 e. The topological polar surface area (TPSA) is 75.3 Å². The van der Waals surface area contributed by atoms with Gasteiger partial charge in [-0.3, -0.25) is 9.59 Å². The van der Waals surface area contributed by atoms with Gasteiger partial charge in [-0.05, 0) is 31.0 Å². The number of amides is 1. The van der Waals surface area contributed by atoms with E-state index in [1.807, 2.05) is 4.90 Å². The zero-order valence-electron chi connectivity index (χ0n) is 14.4. The molecule has 0 fully saturated rings. The molecule has 0 aliphatic heterocycles. The normalized spacial score (nSPS) is 10.9. The Morgan fingerprint density at radius 3 is 2.75 bits per heavy atom. The predicted octanol–water partition coefficient (Wildman–Crippen LogP) is 2.59. The van der Waals surface area contributed by atoms with Crippen LogP contribution in [0, 0.1) is 0 Å². The van der Waals surface area contributed by atoms with E-state index in [2.05, 4.69) is 16.9 Å². The molecule has 1 N–H and O–H groups in total. The molecule has 0 unspecified atom stereocenters. The van der Waals surface area contributed by atoms with Crippen molar-refractivity contribution in [3.05, 3.63) is 40.4 Å². The van der Waals surface area contributed by atoms with Crippen molar-refractivity contribution in [1.29, 1.82) is 0 Å². The van der Waals surface area contributed by atoms with Gasteiger partial charge < -0.3 is 14.6 Å². The van der Waals surface area contributed by atoms with Crippen LogP contribution in [-0.2, 0) is 4.74 Å². The Hall–Kier alpha value is -2.21. The minimum absolute atomic E-state index is 0.0932. The number of nitrogens with one attached hydrogen (secondary N) is 1. The van der Waals surface area contributed by atoms with Crippen molar-refractivity contribution in [2.24, 2.45) is 0 Å². The molecule has 130 valence electrons. The number of hydrogen-bond acceptors (Lipinski definition) is 4. The number of fused-ring (bicyclic) bond motifs is 1. The number of rotatable bonds is 9. The number of carbonyl (C=O) groups excluding carboxylic acids is 1. The number of methoxy groups -OCH3 is 1. The number of hydrogen-bond donors (Lipinski definition) is 1. The predicted molar refractivity (Wildman–Crippen MR) is 94.3 cm³/mol. The first-order chi connectivity index (χ1) is 11.7. The fourth-order valence-electron chi connectivity index (χ4n) is 2.62. The highest BCUT2D eigenvalue weighted by Crippen LogP contribution is 2.11. The Kier molecular flexibility index (Phi) is 6.93. The Morgan fingerprint density at radius 2 is 2.00 bits per heavy atom. The molecule has 0 aliphatic rings. The molecule has 0 atom stereocenters. The van der Waals surface area contributed by atoms with E-state index in [-0.39, 0.29) is 11.5 Å². The smallest absolute Gasteiger partial charge is 0.272 e. The largest absolute Gasteiger partial charge is 0.385 e. The summed E-state index contributed by atoms with van der Waals surface area (Å²) in [6.45, 7) is 4.12. The highest BCUT2D eigenvalue weighted by atomic mass is 16.5. The summed E-state index contributed by atoms with van der Waals surface area (Å²) in [5.74, 6) is -0.0932. The first-order valence-corrected chi connectivity index (χ1v) is 8.44. The number of nitrogens with zero attached hydrogens (tertiary/aromatic N) is 2. The minimum Gasteiger partial charge on any atom is -0.385 e. The van der Waals surface area contributed by atoms with Crippen LogP contribution >= 0.6 is 0 Å². The minimum atomic E-state index is -0.195. The summed E-state index contributed by atoms with van der Waals surface area (Å²) in [5, 5.41) is 0.492. The Bertz CT molecular complexity index is 717. The average molecular weight is 331 g/mol. The maximum absolute atomic E-state index is 12.8. The van der Waals surface area contributed by atoms with Crippen molar-refractivity contribution in [2.75, 3.05) is 26.8 Å². The zero-order valence-corrected chi connectivity index (χ0v) is 14.4. The molecular formula is C18H25N3O3. The zero-order chi connectivity index (χ0) is 17.4. The van der Waals surface area contributed by atoms with E-state index in [9.17, 15) is 9.59 Å². The lowest BCUT2D eigenvalue weighted by Crippen LogP contribution is -2.34. The quantitative estimate of drug-likeness (QED) is 0.717. The molecule has 0 radical (unpaired) electrons. The third kappa shape index (κ3) is 4.64. The van der Waals surface area contributed by atoms with Crippen LogP contribution in [0.3, 0.4) is 0 Å². The molecule has 2 rings (SSSR count). The summed E-state index contributed by atoms with van der Waals surface area (Å²) in [5.41, 5.74) is 0.718. The van der Waals surface area contributed by atoms with E-state index in [1.54, 1.807) is 31.5 Å². The summed E-state index contributed by atoms with van der Waals surface area (Å²) in [7, 11) is 1.66. The van der Waals surface area contributed by atoms with E-state index in [0.29, 0.717) is 36.3 Å². The van der Waals surface area contributed by atoms with E-state index in [1.165, 1.54) is 0 Å². The highest BCUT2D eigenvalue weighted by molar-refractivity contribution is 5.94. The van der Waals surface area contributed by atoms with Gasteiger partial charge >= 0.3 is 0 Å². The third-order valence-corrected chi connectivity index (χ3v) is 3.94. The number of pyridine rings is 2. The Morgan fingerprint density at radius 1 is 1.21 bits per heavy atom. The molecule has 2 aromatic rings. The molecule has 0 bridgehead atoms. The molecule has 1 amide bonds. The SMILES string of the molecule is CCCCCN(CCCOC)C(=O)c1ccc2c(=O)[nH]ccc2n1. The van der Waals surface area contributed by atoms with Crippen molar-refractivity contribution in [2.45, 2.75) is 32.6 Å². The van der Waals surface area contributed by atoms with Crippen LogP contribution in [0.5, 0.6) is 0 Å². The van der Waals surface area contributed by atoms with Gasteiger partial charge in [0, 0.05) is 33.0 Å². The lowest BCUT2D eigenvalue weighted by Gasteiger charge is -2.22. The molecule has 24 heavy (non-hydrogen) atoms. The Balaban J connectivity index is 2.18. The monoisotopic (exact) mass is 331 g/mol. The number of aromatic amines is 1. The number of H-pyrrole nitrogens is 1. The molecule has 0 saturated carbocycles.